The second kappa shape index (κ2) is 9.64. The first-order valence-corrected chi connectivity index (χ1v) is 9.01. The molecule has 0 radical (unpaired) electrons. The minimum absolute atomic E-state index is 0.133. The van der Waals surface area contributed by atoms with Crippen LogP contribution in [0.2, 0.25) is 0 Å². The number of rotatable bonds is 7. The number of nitriles is 1. The lowest BCUT2D eigenvalue weighted by molar-refractivity contribution is -0.137. The third kappa shape index (κ3) is 4.51. The zero-order valence-corrected chi connectivity index (χ0v) is 17.1. The predicted octanol–water partition coefficient (Wildman–Crippen LogP) is 2.57. The first-order valence-electron chi connectivity index (χ1n) is 9.01. The van der Waals surface area contributed by atoms with Crippen molar-refractivity contribution in [3.05, 3.63) is 46.3 Å². The van der Waals surface area contributed by atoms with Crippen molar-refractivity contribution in [3.8, 4) is 17.6 Å². The Hall–Kier alpha value is -3.47. The van der Waals surface area contributed by atoms with E-state index in [1.807, 2.05) is 13.0 Å². The Balaban J connectivity index is 2.68. The third-order valence-corrected chi connectivity index (χ3v) is 4.46. The molecule has 29 heavy (non-hydrogen) atoms. The van der Waals surface area contributed by atoms with E-state index in [1.165, 1.54) is 14.2 Å². The summed E-state index contributed by atoms with van der Waals surface area (Å²) in [5.41, 5.74) is 2.38. The van der Waals surface area contributed by atoms with Crippen LogP contribution in [0.25, 0.3) is 0 Å². The molecule has 0 amide bonds. The van der Waals surface area contributed by atoms with Crippen LogP contribution in [0.3, 0.4) is 0 Å². The number of dihydropyridines is 1. The van der Waals surface area contributed by atoms with Crippen molar-refractivity contribution < 1.29 is 28.5 Å². The topological polar surface area (TPSA) is 107 Å². The van der Waals surface area contributed by atoms with E-state index in [0.29, 0.717) is 46.2 Å². The van der Waals surface area contributed by atoms with Crippen molar-refractivity contribution in [1.82, 2.24) is 5.32 Å². The largest absolute Gasteiger partial charge is 0.490 e. The van der Waals surface area contributed by atoms with E-state index in [0.717, 1.165) is 0 Å². The fraction of sp³-hybridized carbons (Fsp3) is 0.381. The zero-order chi connectivity index (χ0) is 21.6. The predicted molar refractivity (Wildman–Crippen MR) is 104 cm³/mol. The number of allylic oxidation sites excluding steroid dienone is 2. The molecule has 154 valence electrons. The minimum atomic E-state index is -0.722. The number of hydrogen-bond acceptors (Lipinski definition) is 8. The number of nitrogens with zero attached hydrogens (tertiary/aromatic N) is 1. The Labute approximate surface area is 169 Å². The van der Waals surface area contributed by atoms with Crippen LogP contribution in [0, 0.1) is 11.3 Å². The number of hydrogen-bond donors (Lipinski definition) is 1. The molecule has 8 heteroatoms. The summed E-state index contributed by atoms with van der Waals surface area (Å²) in [5.74, 6) is -1.04. The Morgan fingerprint density at radius 2 is 1.62 bits per heavy atom. The standard InChI is InChI=1S/C21H24N2O6/c1-6-28-16-11-14(7-8-15(16)29-10-9-22)19-17(20(24)26-4)12(2)23-13(3)18(19)21(25)27-5/h7-8,11,19,23H,6,10H2,1-5H3. The first-order chi connectivity index (χ1) is 13.9. The van der Waals surface area contributed by atoms with Crippen molar-refractivity contribution in [2.45, 2.75) is 26.7 Å². The van der Waals surface area contributed by atoms with Gasteiger partial charge in [0.25, 0.3) is 0 Å². The molecule has 0 fully saturated rings. The van der Waals surface area contributed by atoms with Crippen LogP contribution < -0.4 is 14.8 Å². The van der Waals surface area contributed by atoms with Crippen molar-refractivity contribution in [2.24, 2.45) is 0 Å². The quantitative estimate of drug-likeness (QED) is 0.696. The fourth-order valence-electron chi connectivity index (χ4n) is 3.29. The fourth-order valence-corrected chi connectivity index (χ4v) is 3.29. The van der Waals surface area contributed by atoms with Gasteiger partial charge in [-0.2, -0.15) is 5.26 Å². The number of nitrogens with one attached hydrogen (secondary N) is 1. The van der Waals surface area contributed by atoms with Gasteiger partial charge >= 0.3 is 11.9 Å². The van der Waals surface area contributed by atoms with Crippen LogP contribution in [0.5, 0.6) is 11.5 Å². The average Bonchev–Trinajstić information content (AvgIpc) is 2.71. The van der Waals surface area contributed by atoms with Gasteiger partial charge in [0.15, 0.2) is 18.1 Å². The van der Waals surface area contributed by atoms with E-state index in [-0.39, 0.29) is 6.61 Å². The maximum Gasteiger partial charge on any atom is 0.336 e. The number of ether oxygens (including phenoxy) is 4. The highest BCUT2D eigenvalue weighted by Crippen LogP contribution is 2.41. The van der Waals surface area contributed by atoms with Crippen molar-refractivity contribution >= 4 is 11.9 Å². The van der Waals surface area contributed by atoms with Gasteiger partial charge in [0.1, 0.15) is 6.07 Å². The SMILES string of the molecule is CCOc1cc(C2C(C(=O)OC)=C(C)NC(C)=C2C(=O)OC)ccc1OCC#N. The second-order valence-corrected chi connectivity index (χ2v) is 6.20. The highest BCUT2D eigenvalue weighted by Gasteiger charge is 2.38. The molecule has 8 nitrogen and oxygen atoms in total. The summed E-state index contributed by atoms with van der Waals surface area (Å²) in [5, 5.41) is 11.8. The number of carbonyl (C=O) groups excluding carboxylic acids is 2. The Morgan fingerprint density at radius 3 is 2.10 bits per heavy atom. The summed E-state index contributed by atoms with van der Waals surface area (Å²) in [6, 6.07) is 6.97. The molecular formula is C21H24N2O6. The summed E-state index contributed by atoms with van der Waals surface area (Å²) in [4.78, 5) is 25.1. The molecule has 2 rings (SSSR count). The van der Waals surface area contributed by atoms with Gasteiger partial charge in [-0.05, 0) is 38.5 Å². The zero-order valence-electron chi connectivity index (χ0n) is 17.1. The molecule has 0 saturated heterocycles. The normalized spacial score (nSPS) is 14.1. The summed E-state index contributed by atoms with van der Waals surface area (Å²) in [6.45, 7) is 5.54. The van der Waals surface area contributed by atoms with Gasteiger partial charge in [-0.1, -0.05) is 6.07 Å². The number of carbonyl (C=O) groups is 2. The Kier molecular flexibility index (Phi) is 7.26. The molecule has 0 atom stereocenters. The van der Waals surface area contributed by atoms with E-state index in [1.54, 1.807) is 32.0 Å². The monoisotopic (exact) mass is 400 g/mol. The summed E-state index contributed by atoms with van der Waals surface area (Å²) < 4.78 is 21.0. The molecular weight excluding hydrogens is 376 g/mol. The lowest BCUT2D eigenvalue weighted by Gasteiger charge is -2.30. The van der Waals surface area contributed by atoms with Gasteiger partial charge in [-0.15, -0.1) is 0 Å². The highest BCUT2D eigenvalue weighted by atomic mass is 16.5. The molecule has 1 aliphatic rings. The van der Waals surface area contributed by atoms with Gasteiger partial charge < -0.3 is 24.3 Å². The summed E-state index contributed by atoms with van der Waals surface area (Å²) in [6.07, 6.45) is 0. The van der Waals surface area contributed by atoms with Gasteiger partial charge in [0, 0.05) is 11.4 Å². The van der Waals surface area contributed by atoms with Crippen LogP contribution in [-0.4, -0.2) is 39.4 Å². The van der Waals surface area contributed by atoms with Gasteiger partial charge in [0.05, 0.1) is 37.9 Å². The van der Waals surface area contributed by atoms with Crippen LogP contribution in [0.4, 0.5) is 0 Å². The first kappa shape index (κ1) is 21.8. The molecule has 0 spiro atoms. The van der Waals surface area contributed by atoms with E-state index in [9.17, 15) is 9.59 Å². The van der Waals surface area contributed by atoms with Crippen molar-refractivity contribution in [3.63, 3.8) is 0 Å². The summed E-state index contributed by atoms with van der Waals surface area (Å²) in [7, 11) is 2.57. The van der Waals surface area contributed by atoms with E-state index in [4.69, 9.17) is 24.2 Å². The molecule has 0 unspecified atom stereocenters. The van der Waals surface area contributed by atoms with Crippen molar-refractivity contribution in [1.29, 1.82) is 5.26 Å². The van der Waals surface area contributed by atoms with Crippen LogP contribution in [-0.2, 0) is 19.1 Å². The third-order valence-electron chi connectivity index (χ3n) is 4.46. The van der Waals surface area contributed by atoms with E-state index >= 15 is 0 Å². The number of methoxy groups -OCH3 is 2. The Morgan fingerprint density at radius 1 is 1.03 bits per heavy atom. The molecule has 0 bridgehead atoms. The lowest BCUT2D eigenvalue weighted by atomic mass is 9.80. The molecule has 1 aromatic rings. The molecule has 1 heterocycles. The molecule has 1 aromatic carbocycles. The number of esters is 2. The second-order valence-electron chi connectivity index (χ2n) is 6.20. The molecule has 0 aromatic heterocycles. The van der Waals surface area contributed by atoms with Crippen LogP contribution >= 0.6 is 0 Å². The maximum absolute atomic E-state index is 12.6. The highest BCUT2D eigenvalue weighted by molar-refractivity contribution is 5.99. The molecule has 0 aliphatic carbocycles. The lowest BCUT2D eigenvalue weighted by Crippen LogP contribution is -2.32. The van der Waals surface area contributed by atoms with Crippen LogP contribution in [0.15, 0.2) is 40.7 Å². The number of benzene rings is 1. The van der Waals surface area contributed by atoms with Gasteiger partial charge in [-0.3, -0.25) is 0 Å². The average molecular weight is 400 g/mol. The Bertz CT molecular complexity index is 872. The maximum atomic E-state index is 12.6. The van der Waals surface area contributed by atoms with E-state index < -0.39 is 17.9 Å². The molecule has 1 aliphatic heterocycles. The van der Waals surface area contributed by atoms with Gasteiger partial charge in [0.2, 0.25) is 0 Å². The molecule has 0 saturated carbocycles. The van der Waals surface area contributed by atoms with Crippen molar-refractivity contribution in [2.75, 3.05) is 27.4 Å². The van der Waals surface area contributed by atoms with Crippen LogP contribution in [0.1, 0.15) is 32.3 Å². The van der Waals surface area contributed by atoms with Gasteiger partial charge in [-0.25, -0.2) is 9.59 Å². The van der Waals surface area contributed by atoms with E-state index in [2.05, 4.69) is 5.32 Å². The summed E-state index contributed by atoms with van der Waals surface area (Å²) >= 11 is 0. The smallest absolute Gasteiger partial charge is 0.336 e. The molecule has 1 N–H and O–H groups in total. The minimum Gasteiger partial charge on any atom is -0.490 e.